The van der Waals surface area contributed by atoms with Gasteiger partial charge < -0.3 is 10.2 Å². The molecule has 0 aromatic carbocycles. The van der Waals surface area contributed by atoms with Crippen molar-refractivity contribution in [2.45, 2.75) is 46.2 Å². The number of hydrogen-bond donors (Lipinski definition) is 1. The molecule has 76 valence electrons. The maximum Gasteiger partial charge on any atom is 0.317 e. The summed E-state index contributed by atoms with van der Waals surface area (Å²) in [6, 6.07) is 0.709. The van der Waals surface area contributed by atoms with Crippen molar-refractivity contribution >= 4 is 6.03 Å². The van der Waals surface area contributed by atoms with Gasteiger partial charge in [0.2, 0.25) is 0 Å². The monoisotopic (exact) mass is 184 g/mol. The lowest BCUT2D eigenvalue weighted by Crippen LogP contribution is -2.45. The summed E-state index contributed by atoms with van der Waals surface area (Å²) in [5, 5.41) is 2.92. The Hall–Kier alpha value is -0.730. The van der Waals surface area contributed by atoms with Crippen LogP contribution in [0, 0.1) is 5.92 Å². The Bertz CT molecular complexity index is 191. The molecule has 0 spiro atoms. The second-order valence-corrected chi connectivity index (χ2v) is 4.30. The summed E-state index contributed by atoms with van der Waals surface area (Å²) < 4.78 is 0. The quantitative estimate of drug-likeness (QED) is 0.662. The molecule has 1 saturated heterocycles. The van der Waals surface area contributed by atoms with Gasteiger partial charge in [-0.25, -0.2) is 4.79 Å². The van der Waals surface area contributed by atoms with E-state index in [9.17, 15) is 4.79 Å². The first kappa shape index (κ1) is 10.4. The van der Waals surface area contributed by atoms with Gasteiger partial charge in [0, 0.05) is 18.6 Å². The van der Waals surface area contributed by atoms with Gasteiger partial charge in [0.1, 0.15) is 0 Å². The number of likely N-dealkylation sites (tertiary alicyclic amines) is 1. The molecule has 1 heterocycles. The molecule has 1 fully saturated rings. The number of urea groups is 1. The largest absolute Gasteiger partial charge is 0.336 e. The Kier molecular flexibility index (Phi) is 3.17. The van der Waals surface area contributed by atoms with Crippen LogP contribution in [-0.2, 0) is 0 Å². The molecule has 1 N–H and O–H groups in total. The molecule has 0 radical (unpaired) electrons. The maximum absolute atomic E-state index is 11.6. The van der Waals surface area contributed by atoms with Crippen LogP contribution in [0.5, 0.6) is 0 Å². The van der Waals surface area contributed by atoms with Gasteiger partial charge in [-0.2, -0.15) is 0 Å². The number of nitrogens with one attached hydrogen (secondary N) is 1. The molecule has 3 heteroatoms. The molecular formula is C10H20N2O. The second kappa shape index (κ2) is 3.99. The van der Waals surface area contributed by atoms with Gasteiger partial charge in [-0.05, 0) is 33.1 Å². The van der Waals surface area contributed by atoms with Crippen LogP contribution in [0.2, 0.25) is 0 Å². The zero-order valence-corrected chi connectivity index (χ0v) is 9.00. The average Bonchev–Trinajstić information content (AvgIpc) is 2.31. The van der Waals surface area contributed by atoms with Crippen molar-refractivity contribution in [3.8, 4) is 0 Å². The highest BCUT2D eigenvalue weighted by Crippen LogP contribution is 2.22. The fraction of sp³-hybridized carbons (Fsp3) is 0.900. The number of carbonyl (C=O) groups excluding carboxylic acids is 1. The van der Waals surface area contributed by atoms with Crippen LogP contribution in [0.1, 0.15) is 34.1 Å². The lowest BCUT2D eigenvalue weighted by Gasteiger charge is -2.24. The first-order chi connectivity index (χ1) is 6.02. The maximum atomic E-state index is 11.6. The number of nitrogens with zero attached hydrogens (tertiary/aromatic N) is 1. The third-order valence-electron chi connectivity index (χ3n) is 2.81. The van der Waals surface area contributed by atoms with E-state index in [1.54, 1.807) is 0 Å². The van der Waals surface area contributed by atoms with E-state index in [4.69, 9.17) is 0 Å². The van der Waals surface area contributed by atoms with Crippen LogP contribution in [0.15, 0.2) is 0 Å². The van der Waals surface area contributed by atoms with Crippen molar-refractivity contribution in [1.29, 1.82) is 0 Å². The molecule has 0 aromatic heterocycles. The number of rotatable bonds is 1. The minimum Gasteiger partial charge on any atom is -0.336 e. The van der Waals surface area contributed by atoms with Crippen LogP contribution >= 0.6 is 0 Å². The van der Waals surface area contributed by atoms with E-state index >= 15 is 0 Å². The molecule has 2 unspecified atom stereocenters. The van der Waals surface area contributed by atoms with E-state index in [0.29, 0.717) is 12.0 Å². The van der Waals surface area contributed by atoms with E-state index in [0.717, 1.165) is 13.0 Å². The van der Waals surface area contributed by atoms with E-state index in [1.165, 1.54) is 0 Å². The minimum atomic E-state index is 0.0897. The topological polar surface area (TPSA) is 32.3 Å². The van der Waals surface area contributed by atoms with Crippen molar-refractivity contribution in [1.82, 2.24) is 10.2 Å². The number of hydrogen-bond acceptors (Lipinski definition) is 1. The molecule has 1 aliphatic heterocycles. The van der Waals surface area contributed by atoms with Crippen LogP contribution in [0.25, 0.3) is 0 Å². The lowest BCUT2D eigenvalue weighted by molar-refractivity contribution is 0.189. The summed E-state index contributed by atoms with van der Waals surface area (Å²) in [5.74, 6) is 0.637. The molecule has 0 aliphatic carbocycles. The summed E-state index contributed by atoms with van der Waals surface area (Å²) in [6.45, 7) is 9.20. The minimum absolute atomic E-state index is 0.0897. The van der Waals surface area contributed by atoms with Crippen molar-refractivity contribution < 1.29 is 4.79 Å². The van der Waals surface area contributed by atoms with Crippen LogP contribution in [-0.4, -0.2) is 29.6 Å². The highest BCUT2D eigenvalue weighted by molar-refractivity contribution is 5.75. The fourth-order valence-corrected chi connectivity index (χ4v) is 1.71. The molecule has 0 aromatic rings. The highest BCUT2D eigenvalue weighted by atomic mass is 16.2. The van der Waals surface area contributed by atoms with E-state index in [2.05, 4.69) is 19.2 Å². The number of carbonyl (C=O) groups is 1. The molecule has 13 heavy (non-hydrogen) atoms. The second-order valence-electron chi connectivity index (χ2n) is 4.30. The lowest BCUT2D eigenvalue weighted by atomic mass is 10.1. The van der Waals surface area contributed by atoms with Crippen LogP contribution < -0.4 is 5.32 Å². The van der Waals surface area contributed by atoms with Gasteiger partial charge in [-0.1, -0.05) is 6.92 Å². The molecule has 3 nitrogen and oxygen atoms in total. The normalized spacial score (nSPS) is 28.2. The molecule has 0 bridgehead atoms. The third-order valence-corrected chi connectivity index (χ3v) is 2.81. The number of amides is 2. The molecule has 1 aliphatic rings. The van der Waals surface area contributed by atoms with Gasteiger partial charge in [-0.15, -0.1) is 0 Å². The van der Waals surface area contributed by atoms with Crippen molar-refractivity contribution in [3.05, 3.63) is 0 Å². The average molecular weight is 184 g/mol. The third kappa shape index (κ3) is 2.36. The first-order valence-corrected chi connectivity index (χ1v) is 5.09. The van der Waals surface area contributed by atoms with Crippen molar-refractivity contribution in [3.63, 3.8) is 0 Å². The first-order valence-electron chi connectivity index (χ1n) is 5.09. The standard InChI is InChI=1S/C10H20N2O/c1-7(2)11-10(13)12-6-5-8(3)9(12)4/h7-9H,5-6H2,1-4H3,(H,11,13). The fourth-order valence-electron chi connectivity index (χ4n) is 1.71. The van der Waals surface area contributed by atoms with E-state index in [1.807, 2.05) is 18.7 Å². The summed E-state index contributed by atoms with van der Waals surface area (Å²) in [5.41, 5.74) is 0. The van der Waals surface area contributed by atoms with Gasteiger partial charge in [-0.3, -0.25) is 0 Å². The van der Waals surface area contributed by atoms with Crippen LogP contribution in [0.4, 0.5) is 4.79 Å². The molecule has 2 atom stereocenters. The summed E-state index contributed by atoms with van der Waals surface area (Å²) in [4.78, 5) is 13.6. The Morgan fingerprint density at radius 3 is 2.46 bits per heavy atom. The van der Waals surface area contributed by atoms with Gasteiger partial charge in [0.25, 0.3) is 0 Å². The van der Waals surface area contributed by atoms with E-state index in [-0.39, 0.29) is 12.1 Å². The van der Waals surface area contributed by atoms with Gasteiger partial charge >= 0.3 is 6.03 Å². The van der Waals surface area contributed by atoms with Crippen molar-refractivity contribution in [2.24, 2.45) is 5.92 Å². The molecule has 1 rings (SSSR count). The Balaban J connectivity index is 2.48. The predicted octanol–water partition coefficient (Wildman–Crippen LogP) is 1.83. The summed E-state index contributed by atoms with van der Waals surface area (Å²) >= 11 is 0. The van der Waals surface area contributed by atoms with Gasteiger partial charge in [0.05, 0.1) is 0 Å². The molecule has 0 saturated carbocycles. The van der Waals surface area contributed by atoms with Gasteiger partial charge in [0.15, 0.2) is 0 Å². The Morgan fingerprint density at radius 1 is 1.46 bits per heavy atom. The highest BCUT2D eigenvalue weighted by Gasteiger charge is 2.30. The Labute approximate surface area is 80.5 Å². The van der Waals surface area contributed by atoms with Crippen molar-refractivity contribution in [2.75, 3.05) is 6.54 Å². The molecule has 2 amide bonds. The summed E-state index contributed by atoms with van der Waals surface area (Å²) in [7, 11) is 0. The summed E-state index contributed by atoms with van der Waals surface area (Å²) in [6.07, 6.45) is 1.13. The van der Waals surface area contributed by atoms with Crippen LogP contribution in [0.3, 0.4) is 0 Å². The zero-order chi connectivity index (χ0) is 10.0. The van der Waals surface area contributed by atoms with E-state index < -0.39 is 0 Å². The predicted molar refractivity (Wildman–Crippen MR) is 53.6 cm³/mol. The molecular weight excluding hydrogens is 164 g/mol. The zero-order valence-electron chi connectivity index (χ0n) is 9.00. The SMILES string of the molecule is CC(C)NC(=O)N1CCC(C)C1C. The Morgan fingerprint density at radius 2 is 2.08 bits per heavy atom. The smallest absolute Gasteiger partial charge is 0.317 e.